The third-order valence-electron chi connectivity index (χ3n) is 1.71. The Morgan fingerprint density at radius 2 is 1.93 bits per heavy atom. The molecule has 0 radical (unpaired) electrons. The molecule has 0 amide bonds. The molecule has 0 aliphatic rings. The van der Waals surface area contributed by atoms with Crippen molar-refractivity contribution in [2.75, 3.05) is 0 Å². The maximum atomic E-state index is 13.2. The van der Waals surface area contributed by atoms with E-state index >= 15 is 0 Å². The molecule has 2 rings (SSSR count). The lowest BCUT2D eigenvalue weighted by Gasteiger charge is -2.03. The van der Waals surface area contributed by atoms with Crippen LogP contribution in [0.5, 0.6) is 0 Å². The van der Waals surface area contributed by atoms with Crippen molar-refractivity contribution in [3.05, 3.63) is 33.7 Å². The van der Waals surface area contributed by atoms with E-state index in [1.165, 1.54) is 0 Å². The molecule has 2 aromatic rings. The molecule has 72 valence electrons. The predicted molar refractivity (Wildman–Crippen MR) is 52.2 cm³/mol. The zero-order chi connectivity index (χ0) is 10.3. The molecule has 0 bridgehead atoms. The quantitative estimate of drug-likeness (QED) is 0.546. The maximum absolute atomic E-state index is 13.2. The first-order chi connectivity index (χ1) is 6.61. The first-order valence-electron chi connectivity index (χ1n) is 3.55. The van der Waals surface area contributed by atoms with Crippen molar-refractivity contribution in [2.24, 2.45) is 0 Å². The second kappa shape index (κ2) is 3.40. The van der Waals surface area contributed by atoms with Gasteiger partial charge in [0.2, 0.25) is 0 Å². The summed E-state index contributed by atoms with van der Waals surface area (Å²) in [6.07, 6.45) is 1.12. The van der Waals surface area contributed by atoms with Crippen LogP contribution in [0.2, 0.25) is 5.15 Å². The Hall–Kier alpha value is -0.810. The average molecular weight is 279 g/mol. The molecule has 1 heterocycles. The number of halogens is 4. The van der Waals surface area contributed by atoms with Gasteiger partial charge >= 0.3 is 0 Å². The lowest BCUT2D eigenvalue weighted by molar-refractivity contribution is 0.586. The van der Waals surface area contributed by atoms with Gasteiger partial charge in [-0.05, 0) is 15.9 Å². The molecule has 0 aliphatic heterocycles. The van der Waals surface area contributed by atoms with E-state index < -0.39 is 11.6 Å². The van der Waals surface area contributed by atoms with E-state index in [-0.39, 0.29) is 20.5 Å². The normalized spacial score (nSPS) is 10.9. The largest absolute Gasteiger partial charge is 0.233 e. The van der Waals surface area contributed by atoms with Crippen molar-refractivity contribution in [3.63, 3.8) is 0 Å². The van der Waals surface area contributed by atoms with Gasteiger partial charge in [-0.2, -0.15) is 0 Å². The zero-order valence-electron chi connectivity index (χ0n) is 6.56. The molecule has 0 saturated carbocycles. The van der Waals surface area contributed by atoms with E-state index in [2.05, 4.69) is 25.9 Å². The van der Waals surface area contributed by atoms with Crippen LogP contribution in [0.4, 0.5) is 8.78 Å². The van der Waals surface area contributed by atoms with Crippen LogP contribution in [0.25, 0.3) is 10.9 Å². The number of rotatable bonds is 0. The number of hydrogen-bond acceptors (Lipinski definition) is 2. The van der Waals surface area contributed by atoms with Crippen molar-refractivity contribution in [1.82, 2.24) is 9.97 Å². The Labute approximate surface area is 91.1 Å². The molecule has 1 aromatic carbocycles. The summed E-state index contributed by atoms with van der Waals surface area (Å²) >= 11 is 8.65. The van der Waals surface area contributed by atoms with Gasteiger partial charge < -0.3 is 0 Å². The molecule has 0 unspecified atom stereocenters. The van der Waals surface area contributed by atoms with E-state index in [0.717, 1.165) is 12.4 Å². The van der Waals surface area contributed by atoms with Crippen molar-refractivity contribution in [3.8, 4) is 0 Å². The molecule has 1 aromatic heterocycles. The van der Waals surface area contributed by atoms with Crippen LogP contribution in [0.1, 0.15) is 0 Å². The van der Waals surface area contributed by atoms with Gasteiger partial charge in [0.25, 0.3) is 0 Å². The lowest BCUT2D eigenvalue weighted by atomic mass is 10.2. The smallest absolute Gasteiger partial charge is 0.152 e. The van der Waals surface area contributed by atoms with E-state index in [1.807, 2.05) is 0 Å². The summed E-state index contributed by atoms with van der Waals surface area (Å²) in [5.41, 5.74) is -0.00160. The molecule has 6 heteroatoms. The fraction of sp³-hybridized carbons (Fsp3) is 0. The van der Waals surface area contributed by atoms with Crippen LogP contribution in [-0.4, -0.2) is 9.97 Å². The maximum Gasteiger partial charge on any atom is 0.152 e. The molecule has 2 nitrogen and oxygen atoms in total. The van der Waals surface area contributed by atoms with Crippen molar-refractivity contribution in [1.29, 1.82) is 0 Å². The van der Waals surface area contributed by atoms with Gasteiger partial charge in [-0.15, -0.1) is 0 Å². The molecule has 14 heavy (non-hydrogen) atoms. The Morgan fingerprint density at radius 3 is 2.64 bits per heavy atom. The number of benzene rings is 1. The van der Waals surface area contributed by atoms with E-state index in [1.54, 1.807) is 0 Å². The van der Waals surface area contributed by atoms with Gasteiger partial charge in [0.05, 0.1) is 9.86 Å². The van der Waals surface area contributed by atoms with Crippen LogP contribution < -0.4 is 0 Å². The Balaban J connectivity index is 3.03. The third kappa shape index (κ3) is 1.36. The molecule has 0 saturated heterocycles. The first kappa shape index (κ1) is 9.73. The summed E-state index contributed by atoms with van der Waals surface area (Å²) in [6.45, 7) is 0. The fourth-order valence-corrected chi connectivity index (χ4v) is 1.93. The van der Waals surface area contributed by atoms with Crippen molar-refractivity contribution >= 4 is 38.4 Å². The molecule has 0 spiro atoms. The Morgan fingerprint density at radius 1 is 1.21 bits per heavy atom. The average Bonchev–Trinajstić information content (AvgIpc) is 2.14. The summed E-state index contributed by atoms with van der Waals surface area (Å²) in [6, 6.07) is 0.746. The summed E-state index contributed by atoms with van der Waals surface area (Å²) in [5.74, 6) is -1.49. The fourth-order valence-electron chi connectivity index (χ4n) is 1.10. The number of aromatic nitrogens is 2. The number of hydrogen-bond donors (Lipinski definition) is 0. The minimum atomic E-state index is -0.759. The predicted octanol–water partition coefficient (Wildman–Crippen LogP) is 3.32. The zero-order valence-corrected chi connectivity index (χ0v) is 8.90. The van der Waals surface area contributed by atoms with Crippen LogP contribution in [-0.2, 0) is 0 Å². The molecule has 0 N–H and O–H groups in total. The van der Waals surface area contributed by atoms with Gasteiger partial charge in [0, 0.05) is 6.07 Å². The molecule has 0 aliphatic carbocycles. The summed E-state index contributed by atoms with van der Waals surface area (Å²) < 4.78 is 26.4. The minimum absolute atomic E-state index is 0.00160. The minimum Gasteiger partial charge on any atom is -0.233 e. The second-order valence-corrected chi connectivity index (χ2v) is 3.69. The molecular formula is C8H2BrClF2N2. The number of nitrogens with zero attached hydrogens (tertiary/aromatic N) is 2. The Kier molecular flexibility index (Phi) is 2.36. The summed E-state index contributed by atoms with van der Waals surface area (Å²) in [5, 5.41) is 0.159. The van der Waals surface area contributed by atoms with Gasteiger partial charge in [0.15, 0.2) is 5.82 Å². The van der Waals surface area contributed by atoms with E-state index in [0.29, 0.717) is 0 Å². The number of fused-ring (bicyclic) bond motifs is 1. The highest BCUT2D eigenvalue weighted by molar-refractivity contribution is 9.10. The van der Waals surface area contributed by atoms with Gasteiger partial charge in [-0.3, -0.25) is 0 Å². The monoisotopic (exact) mass is 278 g/mol. The lowest BCUT2D eigenvalue weighted by Crippen LogP contribution is -1.92. The van der Waals surface area contributed by atoms with Gasteiger partial charge in [-0.25, -0.2) is 18.7 Å². The van der Waals surface area contributed by atoms with Gasteiger partial charge in [-0.1, -0.05) is 11.6 Å². The topological polar surface area (TPSA) is 25.8 Å². The molecular weight excluding hydrogens is 277 g/mol. The SMILES string of the molecule is Fc1cc(F)c2ncnc(Cl)c2c1Br. The van der Waals surface area contributed by atoms with Crippen molar-refractivity contribution in [2.45, 2.75) is 0 Å². The van der Waals surface area contributed by atoms with Crippen molar-refractivity contribution < 1.29 is 8.78 Å². The van der Waals surface area contributed by atoms with Crippen LogP contribution in [0, 0.1) is 11.6 Å². The van der Waals surface area contributed by atoms with E-state index in [4.69, 9.17) is 11.6 Å². The highest BCUT2D eigenvalue weighted by Crippen LogP contribution is 2.31. The van der Waals surface area contributed by atoms with Crippen LogP contribution in [0.3, 0.4) is 0 Å². The van der Waals surface area contributed by atoms with E-state index in [9.17, 15) is 8.78 Å². The third-order valence-corrected chi connectivity index (χ3v) is 2.77. The van der Waals surface area contributed by atoms with Crippen LogP contribution >= 0.6 is 27.5 Å². The summed E-state index contributed by atoms with van der Waals surface area (Å²) in [7, 11) is 0. The van der Waals surface area contributed by atoms with Crippen LogP contribution in [0.15, 0.2) is 16.9 Å². The summed E-state index contributed by atoms with van der Waals surface area (Å²) in [4.78, 5) is 7.32. The standard InChI is InChI=1S/C8H2BrClF2N2/c9-6-3(11)1-4(12)7-5(6)8(10)14-2-13-7/h1-2H. The molecule has 0 atom stereocenters. The van der Waals surface area contributed by atoms with Gasteiger partial charge in [0.1, 0.15) is 22.8 Å². The molecule has 0 fully saturated rings. The second-order valence-electron chi connectivity index (χ2n) is 2.54. The Bertz CT molecular complexity index is 518. The highest BCUT2D eigenvalue weighted by atomic mass is 79.9. The first-order valence-corrected chi connectivity index (χ1v) is 4.72. The highest BCUT2D eigenvalue weighted by Gasteiger charge is 2.14.